The molecule has 5 rings (SSSR count). The van der Waals surface area contributed by atoms with Crippen LogP contribution in [-0.2, 0) is 0 Å². The molecule has 1 amide bonds. The molecule has 1 aromatic heterocycles. The van der Waals surface area contributed by atoms with E-state index in [0.29, 0.717) is 11.7 Å². The Balaban J connectivity index is 1.25. The number of ketones is 1. The maximum absolute atomic E-state index is 13.9. The average Bonchev–Trinajstić information content (AvgIpc) is 3.50. The molecule has 7 heteroatoms. The highest BCUT2D eigenvalue weighted by molar-refractivity contribution is 6.08. The molecule has 2 aromatic carbocycles. The molecule has 2 aliphatic rings. The highest BCUT2D eigenvalue weighted by Crippen LogP contribution is 2.34. The summed E-state index contributed by atoms with van der Waals surface area (Å²) in [5.41, 5.74) is 1.69. The Kier molecular flexibility index (Phi) is 5.27. The van der Waals surface area contributed by atoms with Gasteiger partial charge in [-0.25, -0.2) is 4.39 Å². The van der Waals surface area contributed by atoms with E-state index in [4.69, 9.17) is 4.42 Å². The summed E-state index contributed by atoms with van der Waals surface area (Å²) in [6.45, 7) is 3.29. The summed E-state index contributed by atoms with van der Waals surface area (Å²) in [6.07, 6.45) is 1.21. The molecule has 164 valence electrons. The minimum atomic E-state index is -0.631. The number of carbonyl (C=O) groups is 2. The van der Waals surface area contributed by atoms with Crippen LogP contribution in [0, 0.1) is 11.7 Å². The summed E-state index contributed by atoms with van der Waals surface area (Å²) in [6, 6.07) is 16.8. The van der Waals surface area contributed by atoms with Gasteiger partial charge >= 0.3 is 0 Å². The molecule has 0 spiro atoms. The van der Waals surface area contributed by atoms with Gasteiger partial charge in [0, 0.05) is 37.1 Å². The molecule has 1 N–H and O–H groups in total. The van der Waals surface area contributed by atoms with Crippen LogP contribution in [0.15, 0.2) is 65.1 Å². The van der Waals surface area contributed by atoms with Crippen molar-refractivity contribution >= 4 is 23.1 Å². The molecule has 3 heterocycles. The third-order valence-corrected chi connectivity index (χ3v) is 6.36. The summed E-state index contributed by atoms with van der Waals surface area (Å²) in [5, 5.41) is 2.79. The Labute approximate surface area is 185 Å². The zero-order valence-electron chi connectivity index (χ0n) is 17.8. The maximum atomic E-state index is 13.9. The maximum Gasteiger partial charge on any atom is 0.291 e. The highest BCUT2D eigenvalue weighted by Gasteiger charge is 2.39. The number of halogens is 1. The average molecular weight is 433 g/mol. The molecular formula is C25H24FN3O3. The van der Waals surface area contributed by atoms with Crippen LogP contribution in [0.1, 0.15) is 33.1 Å². The number of hydrogen-bond acceptors (Lipinski definition) is 5. The van der Waals surface area contributed by atoms with Gasteiger partial charge in [0.15, 0.2) is 11.5 Å². The quantitative estimate of drug-likeness (QED) is 0.615. The first-order valence-corrected chi connectivity index (χ1v) is 10.8. The van der Waals surface area contributed by atoms with Crippen LogP contribution >= 0.6 is 0 Å². The number of amides is 1. The molecule has 0 aliphatic carbocycles. The van der Waals surface area contributed by atoms with Crippen molar-refractivity contribution in [1.29, 1.82) is 0 Å². The molecular weight excluding hydrogens is 409 g/mol. The monoisotopic (exact) mass is 433 g/mol. The molecule has 2 atom stereocenters. The van der Waals surface area contributed by atoms with Crippen molar-refractivity contribution in [2.45, 2.75) is 12.5 Å². The van der Waals surface area contributed by atoms with Gasteiger partial charge in [0.1, 0.15) is 5.82 Å². The largest absolute Gasteiger partial charge is 0.447 e. The summed E-state index contributed by atoms with van der Waals surface area (Å²) < 4.78 is 19.3. The number of likely N-dealkylation sites (tertiary alicyclic amines) is 1. The molecule has 0 radical (unpaired) electrons. The van der Waals surface area contributed by atoms with E-state index in [1.54, 1.807) is 6.07 Å². The van der Waals surface area contributed by atoms with E-state index in [1.807, 2.05) is 24.3 Å². The molecule has 2 aliphatic heterocycles. The van der Waals surface area contributed by atoms with Crippen molar-refractivity contribution in [2.75, 3.05) is 36.9 Å². The Hall–Kier alpha value is -3.45. The topological polar surface area (TPSA) is 65.8 Å². The third-order valence-electron chi connectivity index (χ3n) is 6.36. The normalized spacial score (nSPS) is 20.4. The van der Waals surface area contributed by atoms with E-state index >= 15 is 0 Å². The van der Waals surface area contributed by atoms with E-state index in [2.05, 4.69) is 22.2 Å². The number of carbonyl (C=O) groups excluding carboxylic acids is 2. The van der Waals surface area contributed by atoms with Crippen molar-refractivity contribution < 1.29 is 18.4 Å². The fourth-order valence-electron chi connectivity index (χ4n) is 4.78. The first-order chi connectivity index (χ1) is 15.5. The standard InChI is InChI=1S/C25H24FN3O3/c1-28-14-16-12-13-29(21(16)15-28)18-8-6-17(7-9-18)27-25(31)23-11-10-22(32-23)24(30)19-4-2-3-5-20(19)26/h2-11,16,21H,12-15H2,1H3,(H,27,31)/t16-,21+/m0/s1. The molecule has 0 saturated carbocycles. The number of anilines is 2. The van der Waals surface area contributed by atoms with Crippen LogP contribution in [0.2, 0.25) is 0 Å². The molecule has 0 bridgehead atoms. The Morgan fingerprint density at radius 2 is 1.75 bits per heavy atom. The second kappa shape index (κ2) is 8.24. The number of likely N-dealkylation sites (N-methyl/N-ethyl adjacent to an activating group) is 1. The highest BCUT2D eigenvalue weighted by atomic mass is 19.1. The minimum absolute atomic E-state index is 0.00913. The van der Waals surface area contributed by atoms with Gasteiger partial charge in [0.2, 0.25) is 5.78 Å². The second-order valence-corrected chi connectivity index (χ2v) is 8.50. The summed E-state index contributed by atoms with van der Waals surface area (Å²) >= 11 is 0. The predicted molar refractivity (Wildman–Crippen MR) is 120 cm³/mol. The second-order valence-electron chi connectivity index (χ2n) is 8.50. The molecule has 2 fully saturated rings. The third kappa shape index (κ3) is 3.80. The molecule has 2 saturated heterocycles. The number of nitrogens with zero attached hydrogens (tertiary/aromatic N) is 2. The number of benzene rings is 2. The number of nitrogens with one attached hydrogen (secondary N) is 1. The van der Waals surface area contributed by atoms with Crippen molar-refractivity contribution in [2.24, 2.45) is 5.92 Å². The molecule has 6 nitrogen and oxygen atoms in total. The Morgan fingerprint density at radius 3 is 2.53 bits per heavy atom. The van der Waals surface area contributed by atoms with Crippen molar-refractivity contribution in [1.82, 2.24) is 4.90 Å². The van der Waals surface area contributed by atoms with Gasteiger partial charge in [-0.2, -0.15) is 0 Å². The Morgan fingerprint density at radius 1 is 1.00 bits per heavy atom. The smallest absolute Gasteiger partial charge is 0.291 e. The van der Waals surface area contributed by atoms with E-state index in [-0.39, 0.29) is 17.1 Å². The van der Waals surface area contributed by atoms with E-state index in [0.717, 1.165) is 31.2 Å². The van der Waals surface area contributed by atoms with Crippen molar-refractivity contribution in [3.05, 3.63) is 83.6 Å². The number of rotatable bonds is 5. The Bertz CT molecular complexity index is 1160. The van der Waals surface area contributed by atoms with Crippen LogP contribution in [0.3, 0.4) is 0 Å². The summed E-state index contributed by atoms with van der Waals surface area (Å²) in [7, 11) is 2.17. The molecule has 3 aromatic rings. The van der Waals surface area contributed by atoms with Crippen molar-refractivity contribution in [3.8, 4) is 0 Å². The lowest BCUT2D eigenvalue weighted by Crippen LogP contribution is -2.34. The van der Waals surface area contributed by atoms with Crippen LogP contribution in [0.25, 0.3) is 0 Å². The van der Waals surface area contributed by atoms with E-state index in [1.165, 1.54) is 36.8 Å². The van der Waals surface area contributed by atoms with Gasteiger partial charge in [-0.05, 0) is 67.9 Å². The van der Waals surface area contributed by atoms with Crippen LogP contribution in [0.5, 0.6) is 0 Å². The van der Waals surface area contributed by atoms with Gasteiger partial charge < -0.3 is 19.5 Å². The van der Waals surface area contributed by atoms with Crippen molar-refractivity contribution in [3.63, 3.8) is 0 Å². The van der Waals surface area contributed by atoms with Crippen LogP contribution in [0.4, 0.5) is 15.8 Å². The lowest BCUT2D eigenvalue weighted by molar-refractivity contribution is 0.0978. The lowest BCUT2D eigenvalue weighted by Gasteiger charge is -2.26. The number of fused-ring (bicyclic) bond motifs is 1. The number of hydrogen-bond donors (Lipinski definition) is 1. The molecule has 32 heavy (non-hydrogen) atoms. The fourth-order valence-corrected chi connectivity index (χ4v) is 4.78. The van der Waals surface area contributed by atoms with Gasteiger partial charge in [-0.1, -0.05) is 12.1 Å². The first kappa shape index (κ1) is 20.5. The summed E-state index contributed by atoms with van der Waals surface area (Å²) in [5.74, 6) is -1.07. The van der Waals surface area contributed by atoms with Crippen LogP contribution in [-0.4, -0.2) is 49.3 Å². The summed E-state index contributed by atoms with van der Waals surface area (Å²) in [4.78, 5) is 29.9. The van der Waals surface area contributed by atoms with Gasteiger partial charge in [0.05, 0.1) is 5.56 Å². The fraction of sp³-hybridized carbons (Fsp3) is 0.280. The SMILES string of the molecule is CN1C[C@@H]2CCN(c3ccc(NC(=O)c4ccc(C(=O)c5ccccc5F)o4)cc3)[C@@H]2C1. The van der Waals surface area contributed by atoms with Crippen LogP contribution < -0.4 is 10.2 Å². The van der Waals surface area contributed by atoms with E-state index in [9.17, 15) is 14.0 Å². The minimum Gasteiger partial charge on any atom is -0.447 e. The number of furan rings is 1. The van der Waals surface area contributed by atoms with Gasteiger partial charge in [-0.15, -0.1) is 0 Å². The lowest BCUT2D eigenvalue weighted by atomic mass is 10.0. The molecule has 0 unspecified atom stereocenters. The zero-order chi connectivity index (χ0) is 22.2. The van der Waals surface area contributed by atoms with E-state index < -0.39 is 17.5 Å². The zero-order valence-corrected chi connectivity index (χ0v) is 17.8. The van der Waals surface area contributed by atoms with Gasteiger partial charge in [-0.3, -0.25) is 9.59 Å². The first-order valence-electron chi connectivity index (χ1n) is 10.8. The van der Waals surface area contributed by atoms with Gasteiger partial charge in [0.25, 0.3) is 5.91 Å². The predicted octanol–water partition coefficient (Wildman–Crippen LogP) is 4.04.